The topological polar surface area (TPSA) is 12.9 Å². The quantitative estimate of drug-likeness (QED) is 0.644. The van der Waals surface area contributed by atoms with E-state index in [1.54, 1.807) is 0 Å². The van der Waals surface area contributed by atoms with Crippen LogP contribution in [0.4, 0.5) is 0 Å². The second-order valence-electron chi connectivity index (χ2n) is 4.80. The van der Waals surface area contributed by atoms with Crippen LogP contribution in [0.2, 0.25) is 0 Å². The minimum absolute atomic E-state index is 1.04. The summed E-state index contributed by atoms with van der Waals surface area (Å²) in [7, 11) is 0. The molecule has 0 saturated carbocycles. The largest absolute Gasteiger partial charge is 0.248 e. The third kappa shape index (κ3) is 2.37. The van der Waals surface area contributed by atoms with Gasteiger partial charge in [-0.25, -0.2) is 4.98 Å². The van der Waals surface area contributed by atoms with Crippen LogP contribution in [-0.4, -0.2) is 4.98 Å². The predicted molar refractivity (Wildman–Crippen MR) is 81.2 cm³/mol. The van der Waals surface area contributed by atoms with Gasteiger partial charge in [0.25, 0.3) is 0 Å². The zero-order valence-corrected chi connectivity index (χ0v) is 11.1. The summed E-state index contributed by atoms with van der Waals surface area (Å²) in [6.45, 7) is 2.21. The Hall–Kier alpha value is -2.15. The SMILES string of the molecule is CCCc1cccc2nc(-c3ccccc3)ccc12. The predicted octanol–water partition coefficient (Wildman–Crippen LogP) is 4.85. The van der Waals surface area contributed by atoms with Gasteiger partial charge in [0.05, 0.1) is 11.2 Å². The molecular weight excluding hydrogens is 230 g/mol. The highest BCUT2D eigenvalue weighted by Crippen LogP contribution is 2.23. The van der Waals surface area contributed by atoms with Crippen molar-refractivity contribution in [1.29, 1.82) is 0 Å². The molecule has 19 heavy (non-hydrogen) atoms. The van der Waals surface area contributed by atoms with Gasteiger partial charge in [-0.3, -0.25) is 0 Å². The molecule has 1 heterocycles. The first-order valence-electron chi connectivity index (χ1n) is 6.82. The van der Waals surface area contributed by atoms with E-state index in [1.165, 1.54) is 22.9 Å². The number of aromatic nitrogens is 1. The molecule has 0 aliphatic rings. The van der Waals surface area contributed by atoms with Gasteiger partial charge in [0.1, 0.15) is 0 Å². The summed E-state index contributed by atoms with van der Waals surface area (Å²) >= 11 is 0. The third-order valence-electron chi connectivity index (χ3n) is 3.41. The molecule has 1 aromatic heterocycles. The van der Waals surface area contributed by atoms with E-state index in [2.05, 4.69) is 61.5 Å². The van der Waals surface area contributed by atoms with E-state index in [1.807, 2.05) is 6.07 Å². The Kier molecular flexibility index (Phi) is 3.28. The van der Waals surface area contributed by atoms with Crippen LogP contribution < -0.4 is 0 Å². The second kappa shape index (κ2) is 5.23. The average Bonchev–Trinajstić information content (AvgIpc) is 2.48. The monoisotopic (exact) mass is 247 g/mol. The van der Waals surface area contributed by atoms with Gasteiger partial charge in [0.2, 0.25) is 0 Å². The van der Waals surface area contributed by atoms with Crippen molar-refractivity contribution < 1.29 is 0 Å². The van der Waals surface area contributed by atoms with Crippen LogP contribution >= 0.6 is 0 Å². The first-order chi connectivity index (χ1) is 9.38. The van der Waals surface area contributed by atoms with Gasteiger partial charge in [-0.1, -0.05) is 61.9 Å². The van der Waals surface area contributed by atoms with Crippen molar-refractivity contribution in [2.75, 3.05) is 0 Å². The highest BCUT2D eigenvalue weighted by Gasteiger charge is 2.04. The van der Waals surface area contributed by atoms with Crippen molar-refractivity contribution in [1.82, 2.24) is 4.98 Å². The number of rotatable bonds is 3. The number of hydrogen-bond acceptors (Lipinski definition) is 1. The summed E-state index contributed by atoms with van der Waals surface area (Å²) in [5.41, 5.74) is 4.70. The van der Waals surface area contributed by atoms with E-state index in [4.69, 9.17) is 4.98 Å². The fourth-order valence-corrected chi connectivity index (χ4v) is 2.48. The summed E-state index contributed by atoms with van der Waals surface area (Å²) in [5, 5.41) is 1.28. The molecular formula is C18H17N. The summed E-state index contributed by atoms with van der Waals surface area (Å²) in [6.07, 6.45) is 2.28. The van der Waals surface area contributed by atoms with Crippen LogP contribution in [0.1, 0.15) is 18.9 Å². The highest BCUT2D eigenvalue weighted by molar-refractivity contribution is 5.84. The Morgan fingerprint density at radius 3 is 2.47 bits per heavy atom. The van der Waals surface area contributed by atoms with Crippen molar-refractivity contribution in [3.63, 3.8) is 0 Å². The Bertz CT molecular complexity index is 686. The van der Waals surface area contributed by atoms with Gasteiger partial charge in [-0.15, -0.1) is 0 Å². The number of fused-ring (bicyclic) bond motifs is 1. The van der Waals surface area contributed by atoms with Crippen LogP contribution in [0.5, 0.6) is 0 Å². The van der Waals surface area contributed by atoms with E-state index >= 15 is 0 Å². The lowest BCUT2D eigenvalue weighted by Crippen LogP contribution is -1.90. The van der Waals surface area contributed by atoms with E-state index in [0.717, 1.165) is 17.6 Å². The smallest absolute Gasteiger partial charge is 0.0712 e. The van der Waals surface area contributed by atoms with E-state index < -0.39 is 0 Å². The molecule has 1 nitrogen and oxygen atoms in total. The zero-order valence-electron chi connectivity index (χ0n) is 11.1. The number of benzene rings is 2. The van der Waals surface area contributed by atoms with E-state index in [9.17, 15) is 0 Å². The van der Waals surface area contributed by atoms with Crippen LogP contribution in [0.25, 0.3) is 22.2 Å². The molecule has 0 aliphatic heterocycles. The zero-order chi connectivity index (χ0) is 13.1. The van der Waals surface area contributed by atoms with Crippen molar-refractivity contribution in [2.24, 2.45) is 0 Å². The molecule has 94 valence electrons. The fraction of sp³-hybridized carbons (Fsp3) is 0.167. The molecule has 0 bridgehead atoms. The van der Waals surface area contributed by atoms with Gasteiger partial charge in [0, 0.05) is 10.9 Å². The van der Waals surface area contributed by atoms with Crippen LogP contribution in [-0.2, 0) is 6.42 Å². The van der Waals surface area contributed by atoms with Crippen molar-refractivity contribution in [3.05, 3.63) is 66.2 Å². The van der Waals surface area contributed by atoms with Crippen LogP contribution in [0, 0.1) is 0 Å². The molecule has 2 aromatic carbocycles. The Morgan fingerprint density at radius 1 is 0.842 bits per heavy atom. The van der Waals surface area contributed by atoms with Gasteiger partial charge in [0.15, 0.2) is 0 Å². The van der Waals surface area contributed by atoms with Gasteiger partial charge >= 0.3 is 0 Å². The van der Waals surface area contributed by atoms with Gasteiger partial charge in [-0.05, 0) is 24.1 Å². The summed E-state index contributed by atoms with van der Waals surface area (Å²) in [6, 6.07) is 21.1. The number of hydrogen-bond donors (Lipinski definition) is 0. The molecule has 0 spiro atoms. The first kappa shape index (κ1) is 11.9. The molecule has 0 unspecified atom stereocenters. The van der Waals surface area contributed by atoms with Crippen molar-refractivity contribution >= 4 is 10.9 Å². The molecule has 3 rings (SSSR count). The molecule has 1 heteroatoms. The van der Waals surface area contributed by atoms with Crippen LogP contribution in [0.15, 0.2) is 60.7 Å². The van der Waals surface area contributed by atoms with Crippen molar-refractivity contribution in [3.8, 4) is 11.3 Å². The molecule has 0 N–H and O–H groups in total. The molecule has 0 amide bonds. The summed E-state index contributed by atoms with van der Waals surface area (Å²) in [5.74, 6) is 0. The molecule has 0 radical (unpaired) electrons. The third-order valence-corrected chi connectivity index (χ3v) is 3.41. The standard InChI is InChI=1S/C18H17N/c1-2-7-14-10-6-11-18-16(14)12-13-17(19-18)15-8-4-3-5-9-15/h3-6,8-13H,2,7H2,1H3. The lowest BCUT2D eigenvalue weighted by atomic mass is 10.0. The first-order valence-corrected chi connectivity index (χ1v) is 6.82. The molecule has 0 fully saturated rings. The summed E-state index contributed by atoms with van der Waals surface area (Å²) in [4.78, 5) is 4.79. The average molecular weight is 247 g/mol. The van der Waals surface area contributed by atoms with E-state index in [0.29, 0.717) is 0 Å². The Balaban J connectivity index is 2.12. The molecule has 3 aromatic rings. The lowest BCUT2D eigenvalue weighted by molar-refractivity contribution is 0.929. The Morgan fingerprint density at radius 2 is 1.68 bits per heavy atom. The minimum Gasteiger partial charge on any atom is -0.248 e. The van der Waals surface area contributed by atoms with E-state index in [-0.39, 0.29) is 0 Å². The molecule has 0 saturated heterocycles. The molecule has 0 aliphatic carbocycles. The van der Waals surface area contributed by atoms with Gasteiger partial charge < -0.3 is 0 Å². The van der Waals surface area contributed by atoms with Crippen LogP contribution in [0.3, 0.4) is 0 Å². The summed E-state index contributed by atoms with van der Waals surface area (Å²) < 4.78 is 0. The maximum atomic E-state index is 4.79. The number of pyridine rings is 1. The Labute approximate surface area is 113 Å². The lowest BCUT2D eigenvalue weighted by Gasteiger charge is -2.07. The van der Waals surface area contributed by atoms with Crippen molar-refractivity contribution in [2.45, 2.75) is 19.8 Å². The maximum absolute atomic E-state index is 4.79. The second-order valence-corrected chi connectivity index (χ2v) is 4.80. The normalized spacial score (nSPS) is 10.8. The number of nitrogens with zero attached hydrogens (tertiary/aromatic N) is 1. The highest BCUT2D eigenvalue weighted by atomic mass is 14.7. The fourth-order valence-electron chi connectivity index (χ4n) is 2.48. The maximum Gasteiger partial charge on any atom is 0.0712 e. The minimum atomic E-state index is 1.04. The van der Waals surface area contributed by atoms with Gasteiger partial charge in [-0.2, -0.15) is 0 Å². The molecule has 0 atom stereocenters. The number of aryl methyl sites for hydroxylation is 1.